The number of ether oxygens (including phenoxy) is 1. The molecule has 0 unspecified atom stereocenters. The zero-order valence-corrected chi connectivity index (χ0v) is 7.53. The van der Waals surface area contributed by atoms with Crippen LogP contribution in [0.5, 0.6) is 0 Å². The molecule has 0 radical (unpaired) electrons. The molecule has 0 aromatic heterocycles. The molecule has 1 aliphatic heterocycles. The van der Waals surface area contributed by atoms with Crippen LogP contribution in [-0.4, -0.2) is 34.1 Å². The summed E-state index contributed by atoms with van der Waals surface area (Å²) >= 11 is 0. The molecule has 0 saturated carbocycles. The van der Waals surface area contributed by atoms with E-state index in [4.69, 9.17) is 4.74 Å². The van der Waals surface area contributed by atoms with E-state index in [-0.39, 0.29) is 12.2 Å². The van der Waals surface area contributed by atoms with Gasteiger partial charge in [-0.3, -0.25) is 0 Å². The van der Waals surface area contributed by atoms with Crippen LogP contribution in [0.15, 0.2) is 12.7 Å². The van der Waals surface area contributed by atoms with Crippen molar-refractivity contribution in [2.75, 3.05) is 0 Å². The normalized spacial score (nSPS) is 31.3. The first-order valence-electron chi connectivity index (χ1n) is 4.12. The summed E-state index contributed by atoms with van der Waals surface area (Å²) in [5.74, 6) is 0. The van der Waals surface area contributed by atoms with Crippen molar-refractivity contribution in [3.63, 3.8) is 0 Å². The van der Waals surface area contributed by atoms with Crippen molar-refractivity contribution in [1.82, 2.24) is 0 Å². The van der Waals surface area contributed by atoms with Gasteiger partial charge in [0.25, 0.3) is 0 Å². The Balaban J connectivity index is 2.31. The fourth-order valence-electron chi connectivity index (χ4n) is 1.26. The van der Waals surface area contributed by atoms with Crippen molar-refractivity contribution in [2.24, 2.45) is 0 Å². The van der Waals surface area contributed by atoms with Crippen LogP contribution in [0.25, 0.3) is 0 Å². The molecule has 70 valence electrons. The molecule has 3 nitrogen and oxygen atoms in total. The molecule has 2 N–H and O–H groups in total. The molecule has 1 heterocycles. The van der Waals surface area contributed by atoms with Gasteiger partial charge in [0.05, 0.1) is 11.7 Å². The molecule has 3 atom stereocenters. The first-order chi connectivity index (χ1) is 5.44. The number of aliphatic hydroxyl groups is 2. The summed E-state index contributed by atoms with van der Waals surface area (Å²) in [6, 6.07) is 0. The number of aliphatic hydroxyl groups excluding tert-OH is 1. The van der Waals surface area contributed by atoms with Gasteiger partial charge < -0.3 is 14.9 Å². The quantitative estimate of drug-likeness (QED) is 0.478. The predicted octanol–water partition coefficient (Wildman–Crippen LogP) is 0.462. The van der Waals surface area contributed by atoms with Crippen molar-refractivity contribution in [2.45, 2.75) is 44.2 Å². The van der Waals surface area contributed by atoms with Gasteiger partial charge in [0.1, 0.15) is 12.2 Å². The zero-order chi connectivity index (χ0) is 9.35. The van der Waals surface area contributed by atoms with Crippen LogP contribution in [0.2, 0.25) is 0 Å². The second-order valence-electron chi connectivity index (χ2n) is 3.88. The largest absolute Gasteiger partial charge is 0.390 e. The molecule has 1 aliphatic rings. The minimum Gasteiger partial charge on any atom is -0.390 e. The predicted molar refractivity (Wildman–Crippen MR) is 45.8 cm³/mol. The number of rotatable bonds is 4. The summed E-state index contributed by atoms with van der Waals surface area (Å²) in [6.07, 6.45) is 1.23. The maximum atomic E-state index is 9.49. The van der Waals surface area contributed by atoms with Crippen molar-refractivity contribution in [3.05, 3.63) is 12.7 Å². The summed E-state index contributed by atoms with van der Waals surface area (Å²) in [5.41, 5.74) is -0.836. The highest BCUT2D eigenvalue weighted by Crippen LogP contribution is 2.29. The lowest BCUT2D eigenvalue weighted by Gasteiger charge is -2.19. The van der Waals surface area contributed by atoms with Crippen LogP contribution in [0.1, 0.15) is 20.3 Å². The van der Waals surface area contributed by atoms with Gasteiger partial charge in [-0.1, -0.05) is 6.08 Å². The lowest BCUT2D eigenvalue weighted by atomic mass is 9.98. The molecule has 0 spiro atoms. The van der Waals surface area contributed by atoms with Crippen molar-refractivity contribution in [3.8, 4) is 0 Å². The standard InChI is InChI=1S/C9H16O3/c1-4-7-8(12-7)6(10)5-9(2,3)11/h4,6-8,10-11H,1,5H2,2-3H3/t6-,7-,8-/m0/s1. The Morgan fingerprint density at radius 3 is 2.58 bits per heavy atom. The summed E-state index contributed by atoms with van der Waals surface area (Å²) in [7, 11) is 0. The highest BCUT2D eigenvalue weighted by Gasteiger charge is 2.43. The second kappa shape index (κ2) is 3.17. The van der Waals surface area contributed by atoms with E-state index in [0.29, 0.717) is 6.42 Å². The Hall–Kier alpha value is -0.380. The fourth-order valence-corrected chi connectivity index (χ4v) is 1.26. The smallest absolute Gasteiger partial charge is 0.114 e. The molecule has 12 heavy (non-hydrogen) atoms. The average Bonchev–Trinajstić information content (AvgIpc) is 2.60. The Kier molecular flexibility index (Phi) is 2.56. The minimum absolute atomic E-state index is 0.0256. The topological polar surface area (TPSA) is 53.0 Å². The Morgan fingerprint density at radius 1 is 1.67 bits per heavy atom. The monoisotopic (exact) mass is 172 g/mol. The van der Waals surface area contributed by atoms with E-state index in [1.807, 2.05) is 0 Å². The molecular weight excluding hydrogens is 156 g/mol. The molecule has 1 saturated heterocycles. The molecule has 0 aromatic rings. The van der Waals surface area contributed by atoms with E-state index >= 15 is 0 Å². The van der Waals surface area contributed by atoms with Crippen molar-refractivity contribution < 1.29 is 14.9 Å². The number of hydrogen-bond acceptors (Lipinski definition) is 3. The minimum atomic E-state index is -0.836. The van der Waals surface area contributed by atoms with Crippen LogP contribution in [0, 0.1) is 0 Å². The third-order valence-electron chi connectivity index (χ3n) is 1.88. The Morgan fingerprint density at radius 2 is 2.25 bits per heavy atom. The highest BCUT2D eigenvalue weighted by molar-refractivity contribution is 5.02. The van der Waals surface area contributed by atoms with Gasteiger partial charge >= 0.3 is 0 Å². The lowest BCUT2D eigenvalue weighted by molar-refractivity contribution is 0.00875. The number of hydrogen-bond donors (Lipinski definition) is 2. The third kappa shape index (κ3) is 2.59. The summed E-state index contributed by atoms with van der Waals surface area (Å²) < 4.78 is 5.09. The van der Waals surface area contributed by atoms with E-state index < -0.39 is 11.7 Å². The molecule has 0 aromatic carbocycles. The lowest BCUT2D eigenvalue weighted by Crippen LogP contribution is -2.29. The second-order valence-corrected chi connectivity index (χ2v) is 3.88. The molecule has 1 rings (SSSR count). The molecule has 0 bridgehead atoms. The summed E-state index contributed by atoms with van der Waals surface area (Å²) in [4.78, 5) is 0. The first kappa shape index (κ1) is 9.71. The maximum absolute atomic E-state index is 9.49. The molecule has 1 fully saturated rings. The molecule has 0 aliphatic carbocycles. The van der Waals surface area contributed by atoms with Gasteiger partial charge in [0.15, 0.2) is 0 Å². The fraction of sp³-hybridized carbons (Fsp3) is 0.778. The molecule has 3 heteroatoms. The van der Waals surface area contributed by atoms with Gasteiger partial charge in [0.2, 0.25) is 0 Å². The van der Waals surface area contributed by atoms with E-state index in [1.165, 1.54) is 0 Å². The Labute approximate surface area is 72.7 Å². The SMILES string of the molecule is C=C[C@@H]1O[C@H]1[C@@H](O)CC(C)(C)O. The van der Waals surface area contributed by atoms with Gasteiger partial charge in [-0.25, -0.2) is 0 Å². The van der Waals surface area contributed by atoms with E-state index in [2.05, 4.69) is 6.58 Å². The van der Waals surface area contributed by atoms with Gasteiger partial charge in [0, 0.05) is 6.42 Å². The van der Waals surface area contributed by atoms with Crippen LogP contribution in [0.3, 0.4) is 0 Å². The first-order valence-corrected chi connectivity index (χ1v) is 4.12. The molecular formula is C9H16O3. The van der Waals surface area contributed by atoms with Gasteiger partial charge in [-0.15, -0.1) is 6.58 Å². The van der Waals surface area contributed by atoms with Gasteiger partial charge in [-0.2, -0.15) is 0 Å². The van der Waals surface area contributed by atoms with Crippen molar-refractivity contribution in [1.29, 1.82) is 0 Å². The average molecular weight is 172 g/mol. The summed E-state index contributed by atoms with van der Waals surface area (Å²) in [5, 5.41) is 18.9. The van der Waals surface area contributed by atoms with Crippen LogP contribution in [0.4, 0.5) is 0 Å². The zero-order valence-electron chi connectivity index (χ0n) is 7.53. The third-order valence-corrected chi connectivity index (χ3v) is 1.88. The Bertz CT molecular complexity index is 171. The highest BCUT2D eigenvalue weighted by atomic mass is 16.6. The van der Waals surface area contributed by atoms with Crippen molar-refractivity contribution >= 4 is 0 Å². The van der Waals surface area contributed by atoms with Crippen LogP contribution < -0.4 is 0 Å². The van der Waals surface area contributed by atoms with E-state index in [1.54, 1.807) is 19.9 Å². The van der Waals surface area contributed by atoms with E-state index in [0.717, 1.165) is 0 Å². The van der Waals surface area contributed by atoms with Crippen LogP contribution in [-0.2, 0) is 4.74 Å². The van der Waals surface area contributed by atoms with Crippen LogP contribution >= 0.6 is 0 Å². The summed E-state index contributed by atoms with van der Waals surface area (Å²) in [6.45, 7) is 6.89. The van der Waals surface area contributed by atoms with E-state index in [9.17, 15) is 10.2 Å². The maximum Gasteiger partial charge on any atom is 0.114 e. The molecule has 0 amide bonds. The van der Waals surface area contributed by atoms with Gasteiger partial charge in [-0.05, 0) is 13.8 Å². The number of epoxide rings is 1.